The van der Waals surface area contributed by atoms with Crippen molar-refractivity contribution in [3.63, 3.8) is 0 Å². The van der Waals surface area contributed by atoms with Crippen LogP contribution in [0.3, 0.4) is 0 Å². The Kier molecular flexibility index (Phi) is 5.04. The fraction of sp³-hybridized carbons (Fsp3) is 0. The highest BCUT2D eigenvalue weighted by atomic mass is 16.1. The van der Waals surface area contributed by atoms with Crippen LogP contribution >= 0.6 is 0 Å². The second-order valence-corrected chi connectivity index (χ2v) is 3.87. The summed E-state index contributed by atoms with van der Waals surface area (Å²) in [6, 6.07) is 18.8. The Bertz CT molecular complexity index is 594. The Hall–Kier alpha value is -2.95. The smallest absolute Gasteiger partial charge is 0.171 e. The normalized spacial score (nSPS) is 11.3. The second-order valence-electron chi connectivity index (χ2n) is 3.87. The summed E-state index contributed by atoms with van der Waals surface area (Å²) in [6.45, 7) is 0. The Morgan fingerprint density at radius 2 is 1.40 bits per heavy atom. The number of hydrogen-bond acceptors (Lipinski definition) is 5. The van der Waals surface area contributed by atoms with Crippen molar-refractivity contribution in [2.24, 2.45) is 10.2 Å². The van der Waals surface area contributed by atoms with E-state index in [1.54, 1.807) is 0 Å². The summed E-state index contributed by atoms with van der Waals surface area (Å²) in [5.41, 5.74) is 7.42. The maximum atomic E-state index is 10.9. The number of para-hydroxylation sites is 2. The van der Waals surface area contributed by atoms with Crippen LogP contribution in [0.4, 0.5) is 11.4 Å². The van der Waals surface area contributed by atoms with Gasteiger partial charge in [0.25, 0.3) is 0 Å². The lowest BCUT2D eigenvalue weighted by molar-refractivity contribution is -0.102. The number of aldehydes is 1. The van der Waals surface area contributed by atoms with Crippen LogP contribution in [-0.4, -0.2) is 18.2 Å². The van der Waals surface area contributed by atoms with Crippen molar-refractivity contribution < 1.29 is 4.79 Å². The summed E-state index contributed by atoms with van der Waals surface area (Å²) in [5, 5.41) is 7.90. The summed E-state index contributed by atoms with van der Waals surface area (Å²) >= 11 is 0. The Morgan fingerprint density at radius 3 is 1.95 bits per heavy atom. The summed E-state index contributed by atoms with van der Waals surface area (Å²) in [5.74, 6) is 0. The van der Waals surface area contributed by atoms with E-state index in [0.717, 1.165) is 11.4 Å². The molecule has 0 saturated carbocycles. The molecule has 0 fully saturated rings. The number of rotatable bonds is 6. The van der Waals surface area contributed by atoms with E-state index in [-0.39, 0.29) is 5.71 Å². The number of hydrogen-bond donors (Lipinski definition) is 2. The van der Waals surface area contributed by atoms with Gasteiger partial charge in [0, 0.05) is 0 Å². The molecule has 0 amide bonds. The van der Waals surface area contributed by atoms with Crippen LogP contribution in [0.25, 0.3) is 0 Å². The molecule has 0 saturated heterocycles. The largest absolute Gasteiger partial charge is 0.296 e. The highest BCUT2D eigenvalue weighted by Gasteiger charge is 1.93. The lowest BCUT2D eigenvalue weighted by Gasteiger charge is -2.00. The minimum Gasteiger partial charge on any atom is -0.296 e. The molecule has 2 N–H and O–H groups in total. The minimum absolute atomic E-state index is 0.192. The predicted molar refractivity (Wildman–Crippen MR) is 82.1 cm³/mol. The molecular weight excluding hydrogens is 252 g/mol. The van der Waals surface area contributed by atoms with E-state index in [1.165, 1.54) is 6.21 Å². The molecular formula is C15H14N4O. The molecule has 0 radical (unpaired) electrons. The van der Waals surface area contributed by atoms with Crippen molar-refractivity contribution in [3.8, 4) is 0 Å². The van der Waals surface area contributed by atoms with Crippen LogP contribution in [0, 0.1) is 0 Å². The first-order chi connectivity index (χ1) is 9.88. The molecule has 0 bridgehead atoms. The van der Waals surface area contributed by atoms with Crippen LogP contribution < -0.4 is 10.9 Å². The third-order valence-corrected chi connectivity index (χ3v) is 2.37. The number of carbonyl (C=O) groups excluding carboxylic acids is 1. The van der Waals surface area contributed by atoms with Gasteiger partial charge in [-0.25, -0.2) is 0 Å². The van der Waals surface area contributed by atoms with Gasteiger partial charge in [-0.1, -0.05) is 36.4 Å². The average Bonchev–Trinajstić information content (AvgIpc) is 2.52. The number of carbonyl (C=O) groups is 1. The van der Waals surface area contributed by atoms with Gasteiger partial charge in [0.15, 0.2) is 6.29 Å². The monoisotopic (exact) mass is 266 g/mol. The van der Waals surface area contributed by atoms with Gasteiger partial charge in [-0.05, 0) is 24.3 Å². The summed E-state index contributed by atoms with van der Waals surface area (Å²) < 4.78 is 0. The average molecular weight is 266 g/mol. The van der Waals surface area contributed by atoms with Crippen LogP contribution in [0.1, 0.15) is 0 Å². The third-order valence-electron chi connectivity index (χ3n) is 2.37. The first kappa shape index (κ1) is 13.5. The van der Waals surface area contributed by atoms with E-state index in [2.05, 4.69) is 21.1 Å². The summed E-state index contributed by atoms with van der Waals surface area (Å²) in [4.78, 5) is 10.9. The Labute approximate surface area is 117 Å². The van der Waals surface area contributed by atoms with Crippen molar-refractivity contribution in [1.29, 1.82) is 0 Å². The van der Waals surface area contributed by atoms with Crippen molar-refractivity contribution >= 4 is 29.6 Å². The first-order valence-corrected chi connectivity index (χ1v) is 6.06. The molecule has 2 rings (SSSR count). The van der Waals surface area contributed by atoms with Crippen molar-refractivity contribution in [3.05, 3.63) is 60.7 Å². The third kappa shape index (κ3) is 4.38. The van der Waals surface area contributed by atoms with Gasteiger partial charge < -0.3 is 0 Å². The molecule has 5 nitrogen and oxygen atoms in total. The van der Waals surface area contributed by atoms with Crippen molar-refractivity contribution in [2.45, 2.75) is 0 Å². The van der Waals surface area contributed by atoms with E-state index in [0.29, 0.717) is 6.29 Å². The van der Waals surface area contributed by atoms with Gasteiger partial charge >= 0.3 is 0 Å². The quantitative estimate of drug-likeness (QED) is 0.480. The highest BCUT2D eigenvalue weighted by Crippen LogP contribution is 2.05. The van der Waals surface area contributed by atoms with Crippen LogP contribution in [0.5, 0.6) is 0 Å². The van der Waals surface area contributed by atoms with E-state index in [1.807, 2.05) is 60.7 Å². The fourth-order valence-electron chi connectivity index (χ4n) is 1.41. The molecule has 100 valence electrons. The molecule has 0 aliphatic rings. The molecule has 0 aliphatic carbocycles. The molecule has 0 spiro atoms. The van der Waals surface area contributed by atoms with Crippen molar-refractivity contribution in [1.82, 2.24) is 0 Å². The van der Waals surface area contributed by atoms with Gasteiger partial charge in [-0.3, -0.25) is 15.6 Å². The van der Waals surface area contributed by atoms with Gasteiger partial charge in [0.05, 0.1) is 17.6 Å². The van der Waals surface area contributed by atoms with Crippen LogP contribution in [0.15, 0.2) is 70.9 Å². The van der Waals surface area contributed by atoms with Crippen LogP contribution in [0.2, 0.25) is 0 Å². The zero-order chi connectivity index (χ0) is 14.0. The SMILES string of the molecule is O=CC(/C=N/Nc1ccccc1)=N\Nc1ccccc1. The molecule has 0 aromatic heterocycles. The topological polar surface area (TPSA) is 65.8 Å². The lowest BCUT2D eigenvalue weighted by Crippen LogP contribution is -2.06. The molecule has 0 unspecified atom stereocenters. The van der Waals surface area contributed by atoms with E-state index in [4.69, 9.17) is 0 Å². The molecule has 0 atom stereocenters. The maximum absolute atomic E-state index is 10.9. The zero-order valence-electron chi connectivity index (χ0n) is 10.7. The number of hydrazone groups is 2. The molecule has 2 aromatic rings. The Balaban J connectivity index is 1.93. The van der Waals surface area contributed by atoms with Crippen molar-refractivity contribution in [2.75, 3.05) is 10.9 Å². The van der Waals surface area contributed by atoms with Gasteiger partial charge in [0.2, 0.25) is 0 Å². The predicted octanol–water partition coefficient (Wildman–Crippen LogP) is 2.75. The standard InChI is InChI=1S/C15H14N4O/c20-12-15(19-18-14-9-5-2-6-10-14)11-16-17-13-7-3-1-4-8-13/h1-12,17-18H/b16-11+,19-15-. The molecule has 2 aromatic carbocycles. The fourth-order valence-corrected chi connectivity index (χ4v) is 1.41. The van der Waals surface area contributed by atoms with E-state index in [9.17, 15) is 4.79 Å². The second kappa shape index (κ2) is 7.48. The number of nitrogens with zero attached hydrogens (tertiary/aromatic N) is 2. The number of nitrogens with one attached hydrogen (secondary N) is 2. The zero-order valence-corrected chi connectivity index (χ0v) is 10.7. The summed E-state index contributed by atoms with van der Waals surface area (Å²) in [7, 11) is 0. The van der Waals surface area contributed by atoms with E-state index < -0.39 is 0 Å². The minimum atomic E-state index is 0.192. The maximum Gasteiger partial charge on any atom is 0.171 e. The lowest BCUT2D eigenvalue weighted by atomic mass is 10.3. The Morgan fingerprint density at radius 1 is 0.850 bits per heavy atom. The molecule has 20 heavy (non-hydrogen) atoms. The summed E-state index contributed by atoms with van der Waals surface area (Å²) in [6.07, 6.45) is 1.99. The van der Waals surface area contributed by atoms with Gasteiger partial charge in [-0.15, -0.1) is 0 Å². The van der Waals surface area contributed by atoms with Crippen LogP contribution in [-0.2, 0) is 4.79 Å². The molecule has 0 heterocycles. The number of anilines is 2. The molecule has 5 heteroatoms. The van der Waals surface area contributed by atoms with Gasteiger partial charge in [0.1, 0.15) is 5.71 Å². The molecule has 0 aliphatic heterocycles. The highest BCUT2D eigenvalue weighted by molar-refractivity contribution is 6.54. The van der Waals surface area contributed by atoms with E-state index >= 15 is 0 Å². The first-order valence-electron chi connectivity index (χ1n) is 6.06. The number of benzene rings is 2. The van der Waals surface area contributed by atoms with Gasteiger partial charge in [-0.2, -0.15) is 10.2 Å².